The molecule has 3 heteroatoms. The second-order valence-electron chi connectivity index (χ2n) is 3.26. The van der Waals surface area contributed by atoms with Crippen LogP contribution in [0, 0.1) is 0 Å². The van der Waals surface area contributed by atoms with Crippen molar-refractivity contribution in [3.8, 4) is 0 Å². The van der Waals surface area contributed by atoms with Crippen molar-refractivity contribution in [1.82, 2.24) is 0 Å². The maximum absolute atomic E-state index is 10.8. The lowest BCUT2D eigenvalue weighted by molar-refractivity contribution is -0.117. The third kappa shape index (κ3) is 3.69. The normalized spacial score (nSPS) is 12.5. The number of halogens is 2. The molecule has 0 N–H and O–H groups in total. The van der Waals surface area contributed by atoms with Gasteiger partial charge in [-0.1, -0.05) is 23.7 Å². The number of hydrogen-bond donors (Lipinski definition) is 0. The van der Waals surface area contributed by atoms with Gasteiger partial charge in [0, 0.05) is 11.4 Å². The van der Waals surface area contributed by atoms with Crippen LogP contribution in [-0.4, -0.2) is 5.78 Å². The maximum Gasteiger partial charge on any atom is 0.129 e. The van der Waals surface area contributed by atoms with Crippen LogP contribution in [0.2, 0.25) is 5.02 Å². The van der Waals surface area contributed by atoms with E-state index in [2.05, 4.69) is 0 Å². The fourth-order valence-electron chi connectivity index (χ4n) is 1.17. The zero-order valence-electron chi connectivity index (χ0n) is 7.97. The van der Waals surface area contributed by atoms with Gasteiger partial charge in [-0.3, -0.25) is 0 Å². The van der Waals surface area contributed by atoms with Gasteiger partial charge >= 0.3 is 0 Å². The Hall–Kier alpha value is -0.530. The van der Waals surface area contributed by atoms with E-state index in [1.807, 2.05) is 12.1 Å². The molecule has 76 valence electrons. The van der Waals surface area contributed by atoms with Gasteiger partial charge < -0.3 is 4.79 Å². The van der Waals surface area contributed by atoms with Crippen molar-refractivity contribution in [3.05, 3.63) is 34.9 Å². The molecule has 0 saturated heterocycles. The van der Waals surface area contributed by atoms with Crippen molar-refractivity contribution >= 4 is 29.0 Å². The fourth-order valence-corrected chi connectivity index (χ4v) is 1.55. The molecular weight excluding hydrogens is 219 g/mol. The van der Waals surface area contributed by atoms with Crippen LogP contribution >= 0.6 is 23.2 Å². The van der Waals surface area contributed by atoms with E-state index < -0.39 is 0 Å². The van der Waals surface area contributed by atoms with Gasteiger partial charge in [0.05, 0.1) is 5.38 Å². The van der Waals surface area contributed by atoms with Crippen LogP contribution in [0.5, 0.6) is 0 Å². The summed E-state index contributed by atoms with van der Waals surface area (Å²) in [5.41, 5.74) is 1.01. The van der Waals surface area contributed by atoms with E-state index in [-0.39, 0.29) is 11.2 Å². The summed E-state index contributed by atoms with van der Waals surface area (Å²) in [6.07, 6.45) is 1.20. The van der Waals surface area contributed by atoms with Crippen molar-refractivity contribution in [2.75, 3.05) is 0 Å². The predicted octanol–water partition coefficient (Wildman–Crippen LogP) is 3.99. The van der Waals surface area contributed by atoms with Gasteiger partial charge in [-0.25, -0.2) is 0 Å². The molecule has 14 heavy (non-hydrogen) atoms. The smallest absolute Gasteiger partial charge is 0.129 e. The summed E-state index contributed by atoms with van der Waals surface area (Å²) >= 11 is 11.9. The van der Waals surface area contributed by atoms with Crippen LogP contribution in [0.1, 0.15) is 30.7 Å². The first kappa shape index (κ1) is 11.5. The van der Waals surface area contributed by atoms with Crippen molar-refractivity contribution < 1.29 is 4.79 Å². The standard InChI is InChI=1S/C11H12Cl2O/c1-8(14)2-7-11(13)9-3-5-10(12)6-4-9/h3-6,11H,2,7H2,1H3. The van der Waals surface area contributed by atoms with E-state index in [1.54, 1.807) is 19.1 Å². The topological polar surface area (TPSA) is 17.1 Å². The Bertz CT molecular complexity index is 306. The highest BCUT2D eigenvalue weighted by molar-refractivity contribution is 6.30. The van der Waals surface area contributed by atoms with Gasteiger partial charge in [0.1, 0.15) is 5.78 Å². The molecule has 0 aromatic heterocycles. The first-order chi connectivity index (χ1) is 6.59. The lowest BCUT2D eigenvalue weighted by atomic mass is 10.1. The van der Waals surface area contributed by atoms with Gasteiger partial charge in [0.15, 0.2) is 0 Å². The van der Waals surface area contributed by atoms with E-state index >= 15 is 0 Å². The third-order valence-electron chi connectivity index (χ3n) is 1.98. The summed E-state index contributed by atoms with van der Waals surface area (Å²) in [4.78, 5) is 10.8. The second-order valence-corrected chi connectivity index (χ2v) is 4.22. The van der Waals surface area contributed by atoms with E-state index in [9.17, 15) is 4.79 Å². The highest BCUT2D eigenvalue weighted by Gasteiger charge is 2.08. The number of Topliss-reactive ketones (excluding diaryl/α,β-unsaturated/α-hetero) is 1. The quantitative estimate of drug-likeness (QED) is 0.716. The average Bonchev–Trinajstić information content (AvgIpc) is 2.15. The van der Waals surface area contributed by atoms with E-state index in [0.717, 1.165) is 5.56 Å². The number of ketones is 1. The highest BCUT2D eigenvalue weighted by Crippen LogP contribution is 2.26. The molecule has 0 spiro atoms. The Labute approximate surface area is 94.0 Å². The van der Waals surface area contributed by atoms with Crippen LogP contribution in [0.3, 0.4) is 0 Å². The van der Waals surface area contributed by atoms with Crippen LogP contribution in [0.25, 0.3) is 0 Å². The lowest BCUT2D eigenvalue weighted by Crippen LogP contribution is -1.95. The molecule has 0 aliphatic heterocycles. The minimum atomic E-state index is -0.101. The Morgan fingerprint density at radius 3 is 2.43 bits per heavy atom. The maximum atomic E-state index is 10.8. The molecule has 1 atom stereocenters. The predicted molar refractivity (Wildman–Crippen MR) is 60.0 cm³/mol. The van der Waals surface area contributed by atoms with Crippen LogP contribution in [0.15, 0.2) is 24.3 Å². The fraction of sp³-hybridized carbons (Fsp3) is 0.364. The number of carbonyl (C=O) groups excluding carboxylic acids is 1. The Balaban J connectivity index is 2.56. The summed E-state index contributed by atoms with van der Waals surface area (Å²) in [7, 11) is 0. The molecule has 1 aromatic carbocycles. The number of rotatable bonds is 4. The molecule has 1 rings (SSSR count). The van der Waals surface area contributed by atoms with Crippen molar-refractivity contribution in [2.24, 2.45) is 0 Å². The van der Waals surface area contributed by atoms with Gasteiger partial charge in [0.25, 0.3) is 0 Å². The molecule has 0 aliphatic carbocycles. The summed E-state index contributed by atoms with van der Waals surface area (Å²) in [6, 6.07) is 7.39. The van der Waals surface area contributed by atoms with Crippen LogP contribution in [0.4, 0.5) is 0 Å². The first-order valence-electron chi connectivity index (χ1n) is 4.48. The number of benzene rings is 1. The minimum absolute atomic E-state index is 0.101. The third-order valence-corrected chi connectivity index (χ3v) is 2.70. The largest absolute Gasteiger partial charge is 0.300 e. The molecule has 1 nitrogen and oxygen atoms in total. The molecule has 0 bridgehead atoms. The SMILES string of the molecule is CC(=O)CCC(Cl)c1ccc(Cl)cc1. The van der Waals surface area contributed by atoms with Crippen molar-refractivity contribution in [2.45, 2.75) is 25.1 Å². The van der Waals surface area contributed by atoms with E-state index in [1.165, 1.54) is 0 Å². The summed E-state index contributed by atoms with van der Waals surface area (Å²) < 4.78 is 0. The summed E-state index contributed by atoms with van der Waals surface area (Å²) in [5.74, 6) is 0.171. The van der Waals surface area contributed by atoms with Gasteiger partial charge in [-0.05, 0) is 31.0 Å². The second kappa shape index (κ2) is 5.38. The molecular formula is C11H12Cl2O. The molecule has 1 unspecified atom stereocenters. The van der Waals surface area contributed by atoms with Gasteiger partial charge in [-0.2, -0.15) is 0 Å². The molecule has 0 heterocycles. The number of carbonyl (C=O) groups is 1. The zero-order chi connectivity index (χ0) is 10.6. The zero-order valence-corrected chi connectivity index (χ0v) is 9.48. The molecule has 0 amide bonds. The molecule has 0 radical (unpaired) electrons. The summed E-state index contributed by atoms with van der Waals surface area (Å²) in [5, 5.41) is 0.598. The number of alkyl halides is 1. The van der Waals surface area contributed by atoms with Crippen LogP contribution in [-0.2, 0) is 4.79 Å². The Kier molecular flexibility index (Phi) is 4.43. The van der Waals surface area contributed by atoms with Gasteiger partial charge in [-0.15, -0.1) is 11.6 Å². The Morgan fingerprint density at radius 2 is 1.93 bits per heavy atom. The van der Waals surface area contributed by atoms with Crippen LogP contribution < -0.4 is 0 Å². The van der Waals surface area contributed by atoms with Crippen molar-refractivity contribution in [3.63, 3.8) is 0 Å². The molecule has 0 fully saturated rings. The highest BCUT2D eigenvalue weighted by atomic mass is 35.5. The van der Waals surface area contributed by atoms with E-state index in [0.29, 0.717) is 17.9 Å². The Morgan fingerprint density at radius 1 is 1.36 bits per heavy atom. The monoisotopic (exact) mass is 230 g/mol. The average molecular weight is 231 g/mol. The lowest BCUT2D eigenvalue weighted by Gasteiger charge is -2.08. The molecule has 0 saturated carbocycles. The van der Waals surface area contributed by atoms with E-state index in [4.69, 9.17) is 23.2 Å². The number of hydrogen-bond acceptors (Lipinski definition) is 1. The minimum Gasteiger partial charge on any atom is -0.300 e. The molecule has 1 aromatic rings. The van der Waals surface area contributed by atoms with Gasteiger partial charge in [0.2, 0.25) is 0 Å². The first-order valence-corrected chi connectivity index (χ1v) is 5.30. The molecule has 0 aliphatic rings. The summed E-state index contributed by atoms with van der Waals surface area (Å²) in [6.45, 7) is 1.57. The van der Waals surface area contributed by atoms with Crippen molar-refractivity contribution in [1.29, 1.82) is 0 Å².